The van der Waals surface area contributed by atoms with Crippen LogP contribution in [0.15, 0.2) is 0 Å². The van der Waals surface area contributed by atoms with Crippen LogP contribution in [0.2, 0.25) is 0 Å². The third-order valence-electron chi connectivity index (χ3n) is 0.289. The van der Waals surface area contributed by atoms with Crippen molar-refractivity contribution in [2.45, 2.75) is 12.8 Å². The summed E-state index contributed by atoms with van der Waals surface area (Å²) in [6, 6.07) is 0. The monoisotopic (exact) mass is 116 g/mol. The van der Waals surface area contributed by atoms with Gasteiger partial charge in [-0.25, -0.2) is 12.8 Å². The molecular formula is C4H9ClMg. The van der Waals surface area contributed by atoms with Crippen molar-refractivity contribution < 1.29 is 0 Å². The summed E-state index contributed by atoms with van der Waals surface area (Å²) in [6.45, 7) is 0. The smallest absolute Gasteiger partial charge is 0.358 e. The van der Waals surface area contributed by atoms with Gasteiger partial charge in [-0.1, -0.05) is 0 Å². The van der Waals surface area contributed by atoms with E-state index in [2.05, 4.69) is 6.42 Å². The minimum absolute atomic E-state index is 0. The van der Waals surface area contributed by atoms with Crippen LogP contribution in [0, 0.1) is 13.8 Å². The van der Waals surface area contributed by atoms with Crippen LogP contribution in [-0.4, -0.2) is 23.1 Å². The minimum atomic E-state index is 0. The Morgan fingerprint density at radius 1 is 1.17 bits per heavy atom. The summed E-state index contributed by atoms with van der Waals surface area (Å²) in [5, 5.41) is 0. The first-order valence-corrected chi connectivity index (χ1v) is 1.32. The van der Waals surface area contributed by atoms with Gasteiger partial charge in [-0.15, -0.1) is 12.4 Å². The zero-order valence-corrected chi connectivity index (χ0v) is 6.34. The Bertz CT molecular complexity index is 12.3. The molecule has 1 rings (SSSR count). The molecule has 1 fully saturated rings. The van der Waals surface area contributed by atoms with Gasteiger partial charge in [0.25, 0.3) is 0 Å². The van der Waals surface area contributed by atoms with Gasteiger partial charge in [0.2, 0.25) is 0 Å². The molecule has 0 saturated heterocycles. The predicted octanol–water partition coefficient (Wildman–Crippen LogP) is 1.48. The van der Waals surface area contributed by atoms with E-state index in [0.717, 1.165) is 0 Å². The predicted molar refractivity (Wildman–Crippen MR) is 32.9 cm³/mol. The Morgan fingerprint density at radius 3 is 1.33 bits per heavy atom. The van der Waals surface area contributed by atoms with E-state index in [0.29, 0.717) is 0 Å². The number of hydrogen-bond acceptors (Lipinski definition) is 0. The molecule has 0 N–H and O–H groups in total. The molecule has 2 heteroatoms. The average molecular weight is 117 g/mol. The first kappa shape index (κ1) is 15.7. The van der Waals surface area contributed by atoms with E-state index in [1.807, 2.05) is 0 Å². The quantitative estimate of drug-likeness (QED) is 0.333. The van der Waals surface area contributed by atoms with Crippen molar-refractivity contribution in [1.82, 2.24) is 0 Å². The minimum Gasteiger partial charge on any atom is -0.358 e. The van der Waals surface area contributed by atoms with Crippen molar-refractivity contribution in [2.75, 3.05) is 0 Å². The molecular weight excluding hydrogens is 108 g/mol. The Hall–Kier alpha value is 1.06. The second kappa shape index (κ2) is 9.41. The van der Waals surface area contributed by atoms with Gasteiger partial charge in [0.15, 0.2) is 0 Å². The molecule has 1 aliphatic rings. The Balaban J connectivity index is -0.0000000300. The molecule has 34 valence electrons. The molecule has 0 nitrogen and oxygen atoms in total. The van der Waals surface area contributed by atoms with E-state index >= 15 is 0 Å². The summed E-state index contributed by atoms with van der Waals surface area (Å²) in [5.74, 6) is 0. The molecule has 0 atom stereocenters. The Kier molecular flexibility index (Phi) is 24.7. The van der Waals surface area contributed by atoms with E-state index < -0.39 is 0 Å². The molecule has 0 aromatic heterocycles. The third kappa shape index (κ3) is 19.7. The molecule has 0 aliphatic heterocycles. The second-order valence-corrected chi connectivity index (χ2v) is 0.866. The summed E-state index contributed by atoms with van der Waals surface area (Å²) >= 11 is 0. The van der Waals surface area contributed by atoms with E-state index in [4.69, 9.17) is 0 Å². The number of halogens is 1. The zero-order valence-electron chi connectivity index (χ0n) is 4.11. The Morgan fingerprint density at radius 2 is 1.33 bits per heavy atom. The van der Waals surface area contributed by atoms with Gasteiger partial charge in [-0.2, -0.15) is 0 Å². The molecule has 6 heavy (non-hydrogen) atoms. The van der Waals surface area contributed by atoms with E-state index in [1.54, 1.807) is 0 Å². The van der Waals surface area contributed by atoms with Crippen molar-refractivity contribution in [2.24, 2.45) is 0 Å². The summed E-state index contributed by atoms with van der Waals surface area (Å²) in [7, 11) is 0. The first-order valence-electron chi connectivity index (χ1n) is 1.32. The SMILES string of the molecule is Cl.[CH-]1CC1.[CH3-].[Mg+2]. The van der Waals surface area contributed by atoms with Crippen LogP contribution in [0.4, 0.5) is 0 Å². The van der Waals surface area contributed by atoms with Gasteiger partial charge in [-0.05, 0) is 0 Å². The molecule has 0 amide bonds. The molecule has 0 heterocycles. The van der Waals surface area contributed by atoms with Gasteiger partial charge in [0, 0.05) is 0 Å². The number of rotatable bonds is 0. The fourth-order valence-corrected chi connectivity index (χ4v) is 0. The zero-order chi connectivity index (χ0) is 2.12. The van der Waals surface area contributed by atoms with Crippen molar-refractivity contribution in [3.63, 3.8) is 0 Å². The molecule has 1 saturated carbocycles. The molecule has 0 aromatic carbocycles. The van der Waals surface area contributed by atoms with Gasteiger partial charge >= 0.3 is 23.1 Å². The maximum Gasteiger partial charge on any atom is 2.00 e. The second-order valence-electron chi connectivity index (χ2n) is 0.866. The largest absolute Gasteiger partial charge is 2.00 e. The van der Waals surface area contributed by atoms with Crippen LogP contribution in [0.1, 0.15) is 12.8 Å². The van der Waals surface area contributed by atoms with Crippen LogP contribution in [-0.2, 0) is 0 Å². The normalized spacial score (nSPS) is 12.0. The van der Waals surface area contributed by atoms with Crippen LogP contribution in [0.5, 0.6) is 0 Å². The fraction of sp³-hybridized carbons (Fsp3) is 0.500. The molecule has 0 bridgehead atoms. The van der Waals surface area contributed by atoms with Crippen molar-refractivity contribution in [3.05, 3.63) is 13.8 Å². The summed E-state index contributed by atoms with van der Waals surface area (Å²) < 4.78 is 0. The third-order valence-corrected chi connectivity index (χ3v) is 0.289. The van der Waals surface area contributed by atoms with E-state index in [9.17, 15) is 0 Å². The maximum absolute atomic E-state index is 2.25. The first-order chi connectivity index (χ1) is 1.50. The van der Waals surface area contributed by atoms with Gasteiger partial charge in [-0.3, -0.25) is 0 Å². The average Bonchev–Trinajstić information content (AvgIpc) is 1.46. The van der Waals surface area contributed by atoms with Crippen LogP contribution >= 0.6 is 12.4 Å². The van der Waals surface area contributed by atoms with Crippen LogP contribution in [0.3, 0.4) is 0 Å². The molecule has 0 radical (unpaired) electrons. The summed E-state index contributed by atoms with van der Waals surface area (Å²) in [6.07, 6.45) is 5.00. The van der Waals surface area contributed by atoms with Gasteiger partial charge in [0.05, 0.1) is 0 Å². The molecule has 0 spiro atoms. The Labute approximate surface area is 62.3 Å². The van der Waals surface area contributed by atoms with E-state index in [-0.39, 0.29) is 42.9 Å². The molecule has 0 unspecified atom stereocenters. The van der Waals surface area contributed by atoms with Gasteiger partial charge in [0.1, 0.15) is 0 Å². The van der Waals surface area contributed by atoms with Crippen LogP contribution in [0.25, 0.3) is 0 Å². The molecule has 0 aromatic rings. The molecule has 1 aliphatic carbocycles. The standard InChI is InChI=1S/C3H5.CH3.ClH.Mg/c1-2-3-1;;;/h1H,2-3H2;1H3;1H;/q2*-1;;+2. The van der Waals surface area contributed by atoms with Crippen molar-refractivity contribution in [3.8, 4) is 0 Å². The van der Waals surface area contributed by atoms with Crippen LogP contribution < -0.4 is 0 Å². The number of hydrogen-bond donors (Lipinski definition) is 0. The summed E-state index contributed by atoms with van der Waals surface area (Å²) in [5.41, 5.74) is 0. The van der Waals surface area contributed by atoms with Crippen molar-refractivity contribution >= 4 is 35.5 Å². The summed E-state index contributed by atoms with van der Waals surface area (Å²) in [4.78, 5) is 0. The topological polar surface area (TPSA) is 0 Å². The van der Waals surface area contributed by atoms with Gasteiger partial charge < -0.3 is 13.8 Å². The van der Waals surface area contributed by atoms with Crippen molar-refractivity contribution in [1.29, 1.82) is 0 Å². The van der Waals surface area contributed by atoms with E-state index in [1.165, 1.54) is 12.8 Å². The fourth-order valence-electron chi connectivity index (χ4n) is 0. The maximum atomic E-state index is 2.25.